The largest absolute Gasteiger partial charge is 0.473 e. The first-order valence-corrected chi connectivity index (χ1v) is 6.56. The molecule has 0 radical (unpaired) electrons. The number of nitrogens with zero attached hydrogens (tertiary/aromatic N) is 2. The monoisotopic (exact) mass is 311 g/mol. The Morgan fingerprint density at radius 2 is 1.57 bits per heavy atom. The second-order valence-electron chi connectivity index (χ2n) is 4.35. The van der Waals surface area contributed by atoms with Crippen LogP contribution in [0.1, 0.15) is 0 Å². The molecule has 0 saturated heterocycles. The van der Waals surface area contributed by atoms with Crippen molar-refractivity contribution in [2.45, 2.75) is 0 Å². The summed E-state index contributed by atoms with van der Waals surface area (Å²) in [6.45, 7) is 0. The highest BCUT2D eigenvalue weighted by Crippen LogP contribution is 2.28. The van der Waals surface area contributed by atoms with Crippen molar-refractivity contribution < 1.29 is 19.8 Å². The van der Waals surface area contributed by atoms with Gasteiger partial charge in [-0.05, 0) is 17.7 Å². The van der Waals surface area contributed by atoms with Crippen LogP contribution < -0.4 is 0 Å². The lowest BCUT2D eigenvalue weighted by molar-refractivity contribution is -0.159. The molecule has 0 saturated carbocycles. The average Bonchev–Trinajstić information content (AvgIpc) is 3.10. The fraction of sp³-hybridized carbons (Fsp3) is 0. The Hall–Kier alpha value is -3.48. The highest BCUT2D eigenvalue weighted by Gasteiger charge is 2.08. The second kappa shape index (κ2) is 7.51. The van der Waals surface area contributed by atoms with Crippen molar-refractivity contribution in [3.63, 3.8) is 0 Å². The molecule has 0 bridgehead atoms. The Morgan fingerprint density at radius 3 is 2.13 bits per heavy atom. The number of nitrogens with one attached hydrogen (secondary N) is 1. The molecule has 3 rings (SSSR count). The number of aromatic amines is 1. The summed E-state index contributed by atoms with van der Waals surface area (Å²) in [6, 6.07) is 16.2. The van der Waals surface area contributed by atoms with E-state index in [-0.39, 0.29) is 0 Å². The molecule has 3 N–H and O–H groups in total. The van der Waals surface area contributed by atoms with Crippen LogP contribution in [0.25, 0.3) is 22.5 Å². The van der Waals surface area contributed by atoms with E-state index in [0.717, 1.165) is 22.5 Å². The molecule has 23 heavy (non-hydrogen) atoms. The maximum absolute atomic E-state index is 9.10. The summed E-state index contributed by atoms with van der Waals surface area (Å²) in [5, 5.41) is 21.7. The number of aromatic nitrogens is 3. The van der Waals surface area contributed by atoms with Crippen molar-refractivity contribution >= 4 is 11.9 Å². The van der Waals surface area contributed by atoms with Crippen molar-refractivity contribution in [2.24, 2.45) is 0 Å². The van der Waals surface area contributed by atoms with E-state index in [1.807, 2.05) is 30.3 Å². The molecule has 0 spiro atoms. The van der Waals surface area contributed by atoms with E-state index in [0.29, 0.717) is 0 Å². The second-order valence-corrected chi connectivity index (χ2v) is 4.35. The van der Waals surface area contributed by atoms with Crippen LogP contribution in [0.3, 0.4) is 0 Å². The highest BCUT2D eigenvalue weighted by molar-refractivity contribution is 6.27. The van der Waals surface area contributed by atoms with Gasteiger partial charge in [0.2, 0.25) is 0 Å². The lowest BCUT2D eigenvalue weighted by Crippen LogP contribution is -2.09. The number of rotatable bonds is 2. The summed E-state index contributed by atoms with van der Waals surface area (Å²) in [5.41, 5.74) is 4.13. The van der Waals surface area contributed by atoms with Gasteiger partial charge in [0.05, 0.1) is 11.4 Å². The fourth-order valence-corrected chi connectivity index (χ4v) is 1.86. The smallest absolute Gasteiger partial charge is 0.414 e. The minimum Gasteiger partial charge on any atom is -0.473 e. The van der Waals surface area contributed by atoms with Crippen molar-refractivity contribution in [2.75, 3.05) is 0 Å². The highest BCUT2D eigenvalue weighted by atomic mass is 16.4. The quantitative estimate of drug-likeness (QED) is 0.625. The maximum atomic E-state index is 9.10. The van der Waals surface area contributed by atoms with Crippen molar-refractivity contribution in [3.8, 4) is 22.5 Å². The van der Waals surface area contributed by atoms with Crippen molar-refractivity contribution in [1.82, 2.24) is 15.2 Å². The lowest BCUT2D eigenvalue weighted by atomic mass is 10.0. The number of carboxylic acid groups (broad SMARTS) is 2. The van der Waals surface area contributed by atoms with Gasteiger partial charge in [-0.3, -0.25) is 10.1 Å². The third-order valence-electron chi connectivity index (χ3n) is 2.83. The van der Waals surface area contributed by atoms with Crippen LogP contribution in [-0.4, -0.2) is 37.3 Å². The van der Waals surface area contributed by atoms with Crippen LogP contribution in [0.5, 0.6) is 0 Å². The van der Waals surface area contributed by atoms with Crippen LogP contribution in [0.15, 0.2) is 60.9 Å². The van der Waals surface area contributed by atoms with Gasteiger partial charge in [-0.1, -0.05) is 36.4 Å². The summed E-state index contributed by atoms with van der Waals surface area (Å²) in [4.78, 5) is 22.6. The number of hydrogen-bond donors (Lipinski definition) is 3. The summed E-state index contributed by atoms with van der Waals surface area (Å²) in [7, 11) is 0. The molecule has 7 heteroatoms. The molecule has 2 aromatic heterocycles. The minimum atomic E-state index is -1.82. The van der Waals surface area contributed by atoms with Gasteiger partial charge in [0.25, 0.3) is 0 Å². The molecule has 116 valence electrons. The normalized spacial score (nSPS) is 9.57. The molecule has 0 amide bonds. The number of hydrogen-bond acceptors (Lipinski definition) is 4. The van der Waals surface area contributed by atoms with Crippen LogP contribution in [0, 0.1) is 0 Å². The Morgan fingerprint density at radius 1 is 0.870 bits per heavy atom. The number of benzene rings is 1. The molecule has 0 unspecified atom stereocenters. The Balaban J connectivity index is 0.000000277. The first-order chi connectivity index (χ1) is 11.1. The van der Waals surface area contributed by atoms with Gasteiger partial charge in [0.1, 0.15) is 0 Å². The Labute approximate surface area is 131 Å². The number of carbonyl (C=O) groups is 2. The first-order valence-electron chi connectivity index (χ1n) is 6.56. The summed E-state index contributed by atoms with van der Waals surface area (Å²) in [6.07, 6.45) is 3.53. The number of aliphatic carboxylic acids is 2. The van der Waals surface area contributed by atoms with Crippen molar-refractivity contribution in [1.29, 1.82) is 0 Å². The van der Waals surface area contributed by atoms with E-state index < -0.39 is 11.9 Å². The Bertz CT molecular complexity index is 774. The van der Waals surface area contributed by atoms with Crippen LogP contribution in [0.2, 0.25) is 0 Å². The number of H-pyrrole nitrogens is 1. The predicted molar refractivity (Wildman–Crippen MR) is 82.5 cm³/mol. The van der Waals surface area contributed by atoms with E-state index >= 15 is 0 Å². The molecule has 2 heterocycles. The summed E-state index contributed by atoms with van der Waals surface area (Å²) >= 11 is 0. The van der Waals surface area contributed by atoms with Crippen LogP contribution in [-0.2, 0) is 9.59 Å². The van der Waals surface area contributed by atoms with E-state index in [9.17, 15) is 0 Å². The van der Waals surface area contributed by atoms with E-state index in [2.05, 4.69) is 33.4 Å². The van der Waals surface area contributed by atoms with Gasteiger partial charge >= 0.3 is 11.9 Å². The minimum absolute atomic E-state index is 0.927. The van der Waals surface area contributed by atoms with E-state index in [1.54, 1.807) is 12.4 Å². The van der Waals surface area contributed by atoms with Gasteiger partial charge in [0, 0.05) is 18.0 Å². The third kappa shape index (κ3) is 4.24. The van der Waals surface area contributed by atoms with E-state index in [4.69, 9.17) is 19.8 Å². The molecular weight excluding hydrogens is 298 g/mol. The number of carboxylic acids is 2. The van der Waals surface area contributed by atoms with Gasteiger partial charge in [-0.15, -0.1) is 0 Å². The molecule has 1 aromatic carbocycles. The molecule has 0 aliphatic carbocycles. The zero-order valence-electron chi connectivity index (χ0n) is 11.9. The molecule has 0 aliphatic rings. The Kier molecular flexibility index (Phi) is 5.19. The van der Waals surface area contributed by atoms with Gasteiger partial charge < -0.3 is 10.2 Å². The standard InChI is InChI=1S/C14H11N3.C2H2O4/c1-2-5-11(6-3-1)12-7-4-9-15-14(12)13-8-10-16-17-13;3-1(4)2(5)6/h1-10H,(H,16,17);(H,3,4)(H,5,6). The fourth-order valence-electron chi connectivity index (χ4n) is 1.86. The zero-order chi connectivity index (χ0) is 16.7. The molecule has 0 aliphatic heterocycles. The van der Waals surface area contributed by atoms with Crippen LogP contribution >= 0.6 is 0 Å². The van der Waals surface area contributed by atoms with Gasteiger partial charge in [0.15, 0.2) is 0 Å². The molecule has 7 nitrogen and oxygen atoms in total. The molecular formula is C16H13N3O4. The number of pyridine rings is 1. The zero-order valence-corrected chi connectivity index (χ0v) is 11.9. The molecule has 3 aromatic rings. The topological polar surface area (TPSA) is 116 Å². The van der Waals surface area contributed by atoms with Gasteiger partial charge in [-0.25, -0.2) is 9.59 Å². The SMILES string of the molecule is O=C(O)C(=O)O.c1ccc(-c2cccnc2-c2ccn[nH]2)cc1. The molecule has 0 fully saturated rings. The predicted octanol–water partition coefficient (Wildman–Crippen LogP) is 2.29. The molecule has 0 atom stereocenters. The lowest BCUT2D eigenvalue weighted by Gasteiger charge is -2.06. The summed E-state index contributed by atoms with van der Waals surface area (Å²) < 4.78 is 0. The van der Waals surface area contributed by atoms with Crippen molar-refractivity contribution in [3.05, 3.63) is 60.9 Å². The average molecular weight is 311 g/mol. The summed E-state index contributed by atoms with van der Waals surface area (Å²) in [5.74, 6) is -3.65. The van der Waals surface area contributed by atoms with Crippen LogP contribution in [0.4, 0.5) is 0 Å². The first kappa shape index (κ1) is 15.9. The maximum Gasteiger partial charge on any atom is 0.414 e. The third-order valence-corrected chi connectivity index (χ3v) is 2.83. The van der Waals surface area contributed by atoms with Gasteiger partial charge in [-0.2, -0.15) is 5.10 Å². The van der Waals surface area contributed by atoms with E-state index in [1.165, 1.54) is 0 Å².